The molecule has 0 radical (unpaired) electrons. The van der Waals surface area contributed by atoms with Crippen LogP contribution in [0.4, 0.5) is 0 Å². The Bertz CT molecular complexity index is 1370. The van der Waals surface area contributed by atoms with E-state index in [1.807, 2.05) is 18.2 Å². The monoisotopic (exact) mass is 527 g/mol. The highest BCUT2D eigenvalue weighted by molar-refractivity contribution is 7.91. The van der Waals surface area contributed by atoms with E-state index in [2.05, 4.69) is 19.9 Å². The van der Waals surface area contributed by atoms with Crippen LogP contribution in [0, 0.1) is 17.2 Å². The van der Waals surface area contributed by atoms with Gasteiger partial charge in [-0.15, -0.1) is 0 Å². The van der Waals surface area contributed by atoms with Crippen LogP contribution in [-0.2, 0) is 33.9 Å². The zero-order chi connectivity index (χ0) is 25.8. The minimum atomic E-state index is -3.28. The largest absolute Gasteiger partial charge is 0.299 e. The normalized spacial score (nSPS) is 11.5. The Morgan fingerprint density at radius 3 is 2.03 bits per heavy atom. The summed E-state index contributed by atoms with van der Waals surface area (Å²) >= 11 is 13.2. The molecule has 0 unspecified atom stereocenters. The number of nitriles is 1. The first-order valence-electron chi connectivity index (χ1n) is 11.4. The lowest BCUT2D eigenvalue weighted by molar-refractivity contribution is -0.117. The van der Waals surface area contributed by atoms with Crippen LogP contribution < -0.4 is 0 Å². The van der Waals surface area contributed by atoms with Gasteiger partial charge in [-0.25, -0.2) is 8.42 Å². The molecular weight excluding hydrogens is 501 g/mol. The molecule has 0 fully saturated rings. The van der Waals surface area contributed by atoms with Crippen LogP contribution in [0.1, 0.15) is 43.0 Å². The summed E-state index contributed by atoms with van der Waals surface area (Å²) in [7, 11) is -3.28. The van der Waals surface area contributed by atoms with Crippen molar-refractivity contribution in [1.82, 2.24) is 0 Å². The van der Waals surface area contributed by atoms with Gasteiger partial charge in [0.2, 0.25) is 0 Å². The van der Waals surface area contributed by atoms with Crippen molar-refractivity contribution in [2.75, 3.05) is 5.75 Å². The van der Waals surface area contributed by atoms with Crippen molar-refractivity contribution >= 4 is 38.8 Å². The Hall–Kier alpha value is -2.65. The van der Waals surface area contributed by atoms with E-state index >= 15 is 0 Å². The standard InChI is InChI=1S/C28H27Cl2NO3S/c1-4-35(33,34)24-8-5-19(6-9-24)13-23(32)14-21-15-26(29)28(27(30)16-21)25-10-7-20(11-18(2)3)12-22(25)17-31/h5-10,12,15-16,18H,4,11,13-14H2,1-3H3. The SMILES string of the molecule is CCS(=O)(=O)c1ccc(CC(=O)Cc2cc(Cl)c(-c3ccc(CC(C)C)cc3C#N)c(Cl)c2)cc1. The molecule has 0 saturated carbocycles. The Kier molecular flexibility index (Phi) is 8.77. The summed E-state index contributed by atoms with van der Waals surface area (Å²) in [6, 6.07) is 17.8. The van der Waals surface area contributed by atoms with E-state index < -0.39 is 9.84 Å². The summed E-state index contributed by atoms with van der Waals surface area (Å²) in [6.45, 7) is 5.84. The number of Topliss-reactive ketones (excluding diaryl/α,β-unsaturated/α-hetero) is 1. The average Bonchev–Trinajstić information content (AvgIpc) is 2.79. The number of hydrogen-bond donors (Lipinski definition) is 0. The third kappa shape index (κ3) is 6.73. The molecule has 4 nitrogen and oxygen atoms in total. The second-order valence-corrected chi connectivity index (χ2v) is 12.1. The maximum absolute atomic E-state index is 12.7. The van der Waals surface area contributed by atoms with Crippen LogP contribution in [0.5, 0.6) is 0 Å². The highest BCUT2D eigenvalue weighted by atomic mass is 35.5. The molecule has 0 aliphatic carbocycles. The van der Waals surface area contributed by atoms with Crippen molar-refractivity contribution in [3.05, 3.63) is 86.9 Å². The number of halogens is 2. The van der Waals surface area contributed by atoms with Gasteiger partial charge in [0.1, 0.15) is 5.78 Å². The summed E-state index contributed by atoms with van der Waals surface area (Å²) in [5.41, 5.74) is 4.23. The van der Waals surface area contributed by atoms with Gasteiger partial charge in [0.05, 0.1) is 32.3 Å². The molecule has 7 heteroatoms. The zero-order valence-corrected chi connectivity index (χ0v) is 22.3. The average molecular weight is 529 g/mol. The van der Waals surface area contributed by atoms with Gasteiger partial charge in [0.25, 0.3) is 0 Å². The van der Waals surface area contributed by atoms with Crippen molar-refractivity contribution < 1.29 is 13.2 Å². The van der Waals surface area contributed by atoms with Crippen LogP contribution in [0.3, 0.4) is 0 Å². The molecule has 0 aliphatic rings. The summed E-state index contributed by atoms with van der Waals surface area (Å²) in [4.78, 5) is 12.9. The second-order valence-electron chi connectivity index (χ2n) is 8.96. The minimum absolute atomic E-state index is 0.0285. The fraction of sp³-hybridized carbons (Fsp3) is 0.286. The quantitative estimate of drug-likeness (QED) is 0.304. The van der Waals surface area contributed by atoms with Crippen LogP contribution in [0.25, 0.3) is 11.1 Å². The second kappa shape index (κ2) is 11.4. The fourth-order valence-electron chi connectivity index (χ4n) is 3.98. The third-order valence-corrected chi connectivity index (χ3v) is 8.03. The Morgan fingerprint density at radius 1 is 0.914 bits per heavy atom. The zero-order valence-electron chi connectivity index (χ0n) is 19.9. The first-order valence-corrected chi connectivity index (χ1v) is 13.8. The van der Waals surface area contributed by atoms with E-state index in [9.17, 15) is 18.5 Å². The van der Waals surface area contributed by atoms with Gasteiger partial charge >= 0.3 is 0 Å². The van der Waals surface area contributed by atoms with E-state index in [0.717, 1.165) is 17.5 Å². The van der Waals surface area contributed by atoms with Crippen molar-refractivity contribution in [3.63, 3.8) is 0 Å². The predicted octanol–water partition coefficient (Wildman–Crippen LogP) is 6.88. The molecule has 3 aromatic carbocycles. The number of benzene rings is 3. The van der Waals surface area contributed by atoms with Crippen molar-refractivity contribution in [3.8, 4) is 17.2 Å². The van der Waals surface area contributed by atoms with Gasteiger partial charge < -0.3 is 0 Å². The maximum Gasteiger partial charge on any atom is 0.178 e. The number of hydrogen-bond acceptors (Lipinski definition) is 4. The highest BCUT2D eigenvalue weighted by Crippen LogP contribution is 2.38. The summed E-state index contributed by atoms with van der Waals surface area (Å²) < 4.78 is 23.9. The fourth-order valence-corrected chi connectivity index (χ4v) is 5.60. The van der Waals surface area contributed by atoms with Gasteiger partial charge in [0.15, 0.2) is 9.84 Å². The molecule has 35 heavy (non-hydrogen) atoms. The van der Waals surface area contributed by atoms with Gasteiger partial charge in [-0.05, 0) is 59.4 Å². The Morgan fingerprint density at radius 2 is 1.49 bits per heavy atom. The van der Waals surface area contributed by atoms with Crippen molar-refractivity contribution in [2.45, 2.75) is 44.9 Å². The summed E-state index contributed by atoms with van der Waals surface area (Å²) in [6.07, 6.45) is 1.17. The molecule has 0 N–H and O–H groups in total. The van der Waals surface area contributed by atoms with Crippen molar-refractivity contribution in [2.24, 2.45) is 5.92 Å². The lowest BCUT2D eigenvalue weighted by Gasteiger charge is -2.13. The molecule has 182 valence electrons. The van der Waals surface area contributed by atoms with E-state index in [-0.39, 0.29) is 29.3 Å². The number of carbonyl (C=O) groups excluding carboxylic acids is 1. The summed E-state index contributed by atoms with van der Waals surface area (Å²) in [5.74, 6) is 0.450. The number of rotatable bonds is 9. The number of sulfone groups is 1. The third-order valence-electron chi connectivity index (χ3n) is 5.68. The molecule has 0 bridgehead atoms. The van der Waals surface area contributed by atoms with Crippen LogP contribution in [-0.4, -0.2) is 20.0 Å². The van der Waals surface area contributed by atoms with E-state index in [4.69, 9.17) is 23.2 Å². The van der Waals surface area contributed by atoms with Crippen LogP contribution in [0.15, 0.2) is 59.5 Å². The Balaban J connectivity index is 1.79. The van der Waals surface area contributed by atoms with Gasteiger partial charge in [-0.3, -0.25) is 4.79 Å². The maximum atomic E-state index is 12.7. The van der Waals surface area contributed by atoms with Gasteiger partial charge in [-0.1, -0.05) is 68.2 Å². The molecule has 0 amide bonds. The molecule has 0 atom stereocenters. The van der Waals surface area contributed by atoms with E-state index in [1.54, 1.807) is 31.2 Å². The Labute approximate surface area is 217 Å². The van der Waals surface area contributed by atoms with Gasteiger partial charge in [0, 0.05) is 24.0 Å². The molecule has 0 heterocycles. The van der Waals surface area contributed by atoms with Crippen LogP contribution in [0.2, 0.25) is 10.0 Å². The first-order chi connectivity index (χ1) is 16.5. The lowest BCUT2D eigenvalue weighted by atomic mass is 9.93. The van der Waals surface area contributed by atoms with Crippen LogP contribution >= 0.6 is 23.2 Å². The van der Waals surface area contributed by atoms with E-state index in [1.165, 1.54) is 12.1 Å². The minimum Gasteiger partial charge on any atom is -0.299 e. The molecular formula is C28H27Cl2NO3S. The van der Waals surface area contributed by atoms with Gasteiger partial charge in [-0.2, -0.15) is 5.26 Å². The van der Waals surface area contributed by atoms with Crippen molar-refractivity contribution in [1.29, 1.82) is 5.26 Å². The first kappa shape index (κ1) is 26.9. The summed E-state index contributed by atoms with van der Waals surface area (Å²) in [5, 5.41) is 10.5. The van der Waals surface area contributed by atoms with E-state index in [0.29, 0.717) is 38.2 Å². The smallest absolute Gasteiger partial charge is 0.178 e. The number of carbonyl (C=O) groups is 1. The molecule has 3 rings (SSSR count). The highest BCUT2D eigenvalue weighted by Gasteiger charge is 2.17. The molecule has 3 aromatic rings. The number of ketones is 1. The topological polar surface area (TPSA) is 75.0 Å². The molecule has 0 aromatic heterocycles. The molecule has 0 saturated heterocycles. The number of nitrogens with zero attached hydrogens (tertiary/aromatic N) is 1. The molecule has 0 spiro atoms. The predicted molar refractivity (Wildman–Crippen MR) is 142 cm³/mol. The lowest BCUT2D eigenvalue weighted by Crippen LogP contribution is -2.08. The molecule has 0 aliphatic heterocycles.